The van der Waals surface area contributed by atoms with Crippen molar-refractivity contribution in [3.8, 4) is 0 Å². The van der Waals surface area contributed by atoms with Crippen LogP contribution in [0.1, 0.15) is 0 Å². The van der Waals surface area contributed by atoms with Crippen molar-refractivity contribution < 1.29 is 13.0 Å². The second-order valence-corrected chi connectivity index (χ2v) is 5.42. The van der Waals surface area contributed by atoms with Crippen molar-refractivity contribution in [3.63, 3.8) is 0 Å². The van der Waals surface area contributed by atoms with E-state index in [4.69, 9.17) is 5.14 Å². The molecular weight excluding hydrogens is 210 g/mol. The van der Waals surface area contributed by atoms with Crippen LogP contribution in [0.5, 0.6) is 0 Å². The predicted molar refractivity (Wildman–Crippen MR) is 50.1 cm³/mol. The minimum atomic E-state index is -3.69. The van der Waals surface area contributed by atoms with E-state index in [2.05, 4.69) is 0 Å². The fraction of sp³-hybridized carbons (Fsp3) is 0.143. The highest BCUT2D eigenvalue weighted by Crippen LogP contribution is 2.13. The SMILES string of the molecule is C[S+]([O-])c1cccc(S(N)(=O)=O)c1. The molecule has 1 rings (SSSR count). The van der Waals surface area contributed by atoms with Gasteiger partial charge in [-0.1, -0.05) is 6.07 Å². The lowest BCUT2D eigenvalue weighted by Crippen LogP contribution is -2.12. The van der Waals surface area contributed by atoms with Crippen molar-refractivity contribution in [2.75, 3.05) is 6.26 Å². The zero-order valence-electron chi connectivity index (χ0n) is 6.93. The maximum absolute atomic E-state index is 11.0. The van der Waals surface area contributed by atoms with Crippen molar-refractivity contribution in [2.24, 2.45) is 5.14 Å². The molecule has 72 valence electrons. The van der Waals surface area contributed by atoms with Gasteiger partial charge in [0.05, 0.1) is 4.90 Å². The average Bonchev–Trinajstić information content (AvgIpc) is 2.03. The third-order valence-electron chi connectivity index (χ3n) is 1.47. The number of benzene rings is 1. The Morgan fingerprint density at radius 1 is 1.46 bits per heavy atom. The Balaban J connectivity index is 3.21. The lowest BCUT2D eigenvalue weighted by molar-refractivity contribution is 0.596. The summed E-state index contributed by atoms with van der Waals surface area (Å²) in [6, 6.07) is 5.78. The molecule has 1 aromatic carbocycles. The number of sulfonamides is 1. The van der Waals surface area contributed by atoms with E-state index in [9.17, 15) is 13.0 Å². The van der Waals surface area contributed by atoms with Crippen LogP contribution in [0.3, 0.4) is 0 Å². The van der Waals surface area contributed by atoms with Crippen LogP contribution in [0.2, 0.25) is 0 Å². The van der Waals surface area contributed by atoms with Crippen LogP contribution in [0.25, 0.3) is 0 Å². The molecule has 0 saturated heterocycles. The van der Waals surface area contributed by atoms with Crippen LogP contribution in [0.4, 0.5) is 0 Å². The van der Waals surface area contributed by atoms with Crippen LogP contribution in [-0.4, -0.2) is 19.2 Å². The van der Waals surface area contributed by atoms with Gasteiger partial charge in [0, 0.05) is 6.07 Å². The Kier molecular flexibility index (Phi) is 2.97. The lowest BCUT2D eigenvalue weighted by Gasteiger charge is -2.04. The van der Waals surface area contributed by atoms with E-state index in [-0.39, 0.29) is 4.90 Å². The minimum Gasteiger partial charge on any atom is -0.612 e. The Hall–Kier alpha value is -0.560. The van der Waals surface area contributed by atoms with E-state index in [1.807, 2.05) is 0 Å². The first-order valence-corrected chi connectivity index (χ1v) is 6.48. The molecule has 1 aromatic rings. The molecule has 2 N–H and O–H groups in total. The van der Waals surface area contributed by atoms with E-state index >= 15 is 0 Å². The van der Waals surface area contributed by atoms with Crippen molar-refractivity contribution in [2.45, 2.75) is 9.79 Å². The van der Waals surface area contributed by atoms with Gasteiger partial charge in [-0.15, -0.1) is 0 Å². The molecule has 0 bridgehead atoms. The highest BCUT2D eigenvalue weighted by molar-refractivity contribution is 7.91. The summed E-state index contributed by atoms with van der Waals surface area (Å²) in [4.78, 5) is 0.437. The first-order valence-electron chi connectivity index (χ1n) is 3.37. The summed E-state index contributed by atoms with van der Waals surface area (Å²) in [6.45, 7) is 0. The molecule has 0 aliphatic heterocycles. The highest BCUT2D eigenvalue weighted by atomic mass is 32.2. The van der Waals surface area contributed by atoms with E-state index in [1.54, 1.807) is 6.07 Å². The third-order valence-corrected chi connectivity index (χ3v) is 3.29. The van der Waals surface area contributed by atoms with E-state index < -0.39 is 21.2 Å². The van der Waals surface area contributed by atoms with Gasteiger partial charge in [-0.25, -0.2) is 13.6 Å². The van der Waals surface area contributed by atoms with Gasteiger partial charge in [0.15, 0.2) is 4.90 Å². The Morgan fingerprint density at radius 2 is 2.08 bits per heavy atom. The molecule has 1 unspecified atom stereocenters. The summed E-state index contributed by atoms with van der Waals surface area (Å²) in [5.74, 6) is 0. The van der Waals surface area contributed by atoms with Crippen molar-refractivity contribution in [1.29, 1.82) is 0 Å². The monoisotopic (exact) mass is 219 g/mol. The van der Waals surface area contributed by atoms with Gasteiger partial charge in [0.2, 0.25) is 10.0 Å². The lowest BCUT2D eigenvalue weighted by atomic mass is 10.4. The van der Waals surface area contributed by atoms with Crippen molar-refractivity contribution in [1.82, 2.24) is 0 Å². The zero-order valence-corrected chi connectivity index (χ0v) is 8.56. The molecule has 1 atom stereocenters. The molecule has 4 nitrogen and oxygen atoms in total. The van der Waals surface area contributed by atoms with Crippen LogP contribution in [-0.2, 0) is 21.2 Å². The maximum Gasteiger partial charge on any atom is 0.238 e. The summed E-state index contributed by atoms with van der Waals surface area (Å²) in [5.41, 5.74) is 0. The van der Waals surface area contributed by atoms with Gasteiger partial charge in [-0.3, -0.25) is 0 Å². The molecule has 0 aliphatic rings. The fourth-order valence-electron chi connectivity index (χ4n) is 0.830. The molecular formula is C7H9NO3S2. The third kappa shape index (κ3) is 2.70. The number of primary sulfonamides is 1. The maximum atomic E-state index is 11.0. The van der Waals surface area contributed by atoms with Gasteiger partial charge < -0.3 is 4.55 Å². The quantitative estimate of drug-likeness (QED) is 0.714. The Morgan fingerprint density at radius 3 is 2.54 bits per heavy atom. The van der Waals surface area contributed by atoms with Gasteiger partial charge >= 0.3 is 0 Å². The molecule has 0 aliphatic carbocycles. The number of nitrogens with two attached hydrogens (primary N) is 1. The molecule has 0 spiro atoms. The summed E-state index contributed by atoms with van der Waals surface area (Å²) < 4.78 is 32.8. The summed E-state index contributed by atoms with van der Waals surface area (Å²) in [6.07, 6.45) is 1.47. The van der Waals surface area contributed by atoms with Crippen molar-refractivity contribution >= 4 is 21.2 Å². The molecule has 0 aromatic heterocycles. The largest absolute Gasteiger partial charge is 0.612 e. The van der Waals surface area contributed by atoms with Crippen molar-refractivity contribution in [3.05, 3.63) is 24.3 Å². The van der Waals surface area contributed by atoms with E-state index in [1.165, 1.54) is 24.5 Å². The first kappa shape index (κ1) is 10.5. The van der Waals surface area contributed by atoms with E-state index in [0.29, 0.717) is 4.90 Å². The van der Waals surface area contributed by atoms with Gasteiger partial charge in [-0.2, -0.15) is 0 Å². The molecule has 13 heavy (non-hydrogen) atoms. The van der Waals surface area contributed by atoms with Gasteiger partial charge in [-0.05, 0) is 23.3 Å². The molecule has 0 radical (unpaired) electrons. The topological polar surface area (TPSA) is 83.2 Å². The zero-order chi connectivity index (χ0) is 10.1. The average molecular weight is 219 g/mol. The molecule has 0 heterocycles. The molecule has 0 saturated carbocycles. The van der Waals surface area contributed by atoms with Crippen LogP contribution in [0.15, 0.2) is 34.1 Å². The smallest absolute Gasteiger partial charge is 0.238 e. The second kappa shape index (κ2) is 3.67. The molecule has 0 amide bonds. The van der Waals surface area contributed by atoms with E-state index in [0.717, 1.165) is 0 Å². The predicted octanol–water partition coefficient (Wildman–Crippen LogP) is 0.0714. The van der Waals surface area contributed by atoms with Crippen LogP contribution < -0.4 is 5.14 Å². The Labute approximate surface area is 80.0 Å². The van der Waals surface area contributed by atoms with Crippen LogP contribution in [0, 0.1) is 0 Å². The number of hydrogen-bond acceptors (Lipinski definition) is 3. The number of hydrogen-bond donors (Lipinski definition) is 1. The normalized spacial score (nSPS) is 14.1. The standard InChI is InChI=1S/C7H9NO3S2/c1-12(9)6-3-2-4-7(5-6)13(8,10)11/h2-5H,1H3,(H2,8,10,11). The van der Waals surface area contributed by atoms with Gasteiger partial charge in [0.1, 0.15) is 6.26 Å². The number of rotatable bonds is 2. The Bertz CT molecular complexity index is 400. The fourth-order valence-corrected chi connectivity index (χ4v) is 2.03. The highest BCUT2D eigenvalue weighted by Gasteiger charge is 2.11. The first-order chi connectivity index (χ1) is 5.91. The van der Waals surface area contributed by atoms with Crippen LogP contribution >= 0.6 is 0 Å². The second-order valence-electron chi connectivity index (χ2n) is 2.47. The van der Waals surface area contributed by atoms with Gasteiger partial charge in [0.25, 0.3) is 0 Å². The molecule has 0 fully saturated rings. The summed E-state index contributed by atoms with van der Waals surface area (Å²) in [7, 11) is -3.69. The summed E-state index contributed by atoms with van der Waals surface area (Å²) in [5, 5.41) is 4.90. The molecule has 6 heteroatoms. The minimum absolute atomic E-state index is 0.0137. The summed E-state index contributed by atoms with van der Waals surface area (Å²) >= 11 is -1.19.